The van der Waals surface area contributed by atoms with Gasteiger partial charge < -0.3 is 15.1 Å². The quantitative estimate of drug-likeness (QED) is 0.686. The van der Waals surface area contributed by atoms with Gasteiger partial charge in [-0.3, -0.25) is 9.59 Å². The fourth-order valence-electron chi connectivity index (χ4n) is 2.63. The first-order valence-electron chi connectivity index (χ1n) is 8.31. The van der Waals surface area contributed by atoms with Crippen molar-refractivity contribution in [1.29, 1.82) is 0 Å². The molecule has 0 aliphatic carbocycles. The fraction of sp³-hybridized carbons (Fsp3) is 0.200. The Morgan fingerprint density at radius 3 is 2.65 bits per heavy atom. The van der Waals surface area contributed by atoms with Crippen LogP contribution in [0.3, 0.4) is 0 Å². The summed E-state index contributed by atoms with van der Waals surface area (Å²) in [6, 6.07) is 12.9. The number of anilines is 1. The molecule has 5 nitrogen and oxygen atoms in total. The van der Waals surface area contributed by atoms with Crippen molar-refractivity contribution in [3.63, 3.8) is 0 Å². The second-order valence-electron chi connectivity index (χ2n) is 6.05. The van der Waals surface area contributed by atoms with Gasteiger partial charge in [0.15, 0.2) is 0 Å². The molecule has 0 unspecified atom stereocenters. The molecule has 6 heteroatoms. The summed E-state index contributed by atoms with van der Waals surface area (Å²) in [7, 11) is 0. The van der Waals surface area contributed by atoms with Crippen LogP contribution in [0.15, 0.2) is 53.1 Å². The predicted octanol–water partition coefficient (Wildman–Crippen LogP) is 4.08. The van der Waals surface area contributed by atoms with E-state index in [1.54, 1.807) is 6.26 Å². The second kappa shape index (κ2) is 8.06. The highest BCUT2D eigenvalue weighted by atomic mass is 35.5. The van der Waals surface area contributed by atoms with Crippen molar-refractivity contribution in [3.8, 4) is 0 Å². The maximum atomic E-state index is 12.1. The van der Waals surface area contributed by atoms with Crippen LogP contribution in [0.1, 0.15) is 17.5 Å². The molecule has 0 spiro atoms. The number of fused-ring (bicyclic) bond motifs is 1. The highest BCUT2D eigenvalue weighted by Gasteiger charge is 2.12. The summed E-state index contributed by atoms with van der Waals surface area (Å²) in [6.07, 6.45) is 1.95. The number of carbonyl (C=O) groups excluding carboxylic acids is 2. The van der Waals surface area contributed by atoms with E-state index in [-0.39, 0.29) is 31.2 Å². The van der Waals surface area contributed by atoms with Crippen LogP contribution in [0.2, 0.25) is 5.02 Å². The molecule has 0 radical (unpaired) electrons. The Morgan fingerprint density at radius 1 is 1.12 bits per heavy atom. The smallest absolute Gasteiger partial charge is 0.226 e. The third-order valence-corrected chi connectivity index (χ3v) is 4.42. The SMILES string of the molecule is Cc1cc2occ(CC(=O)NCCC(=O)Nc3ccccc3)c2cc1Cl. The molecule has 0 aliphatic rings. The van der Waals surface area contributed by atoms with Crippen LogP contribution in [0.5, 0.6) is 0 Å². The number of benzene rings is 2. The molecule has 26 heavy (non-hydrogen) atoms. The van der Waals surface area contributed by atoms with Gasteiger partial charge in [0.1, 0.15) is 5.58 Å². The summed E-state index contributed by atoms with van der Waals surface area (Å²) >= 11 is 6.15. The summed E-state index contributed by atoms with van der Waals surface area (Å²) in [6.45, 7) is 2.17. The molecule has 0 saturated heterocycles. The summed E-state index contributed by atoms with van der Waals surface area (Å²) in [5.74, 6) is -0.315. The first-order chi connectivity index (χ1) is 12.5. The minimum Gasteiger partial charge on any atom is -0.464 e. The van der Waals surface area contributed by atoms with Crippen molar-refractivity contribution in [1.82, 2.24) is 5.32 Å². The van der Waals surface area contributed by atoms with E-state index in [0.29, 0.717) is 10.6 Å². The minimum atomic E-state index is -0.170. The molecular formula is C20H19ClN2O3. The molecule has 0 saturated carbocycles. The zero-order chi connectivity index (χ0) is 18.5. The maximum Gasteiger partial charge on any atom is 0.226 e. The van der Waals surface area contributed by atoms with Crippen molar-refractivity contribution < 1.29 is 14.0 Å². The van der Waals surface area contributed by atoms with Crippen molar-refractivity contribution >= 4 is 40.1 Å². The highest BCUT2D eigenvalue weighted by Crippen LogP contribution is 2.27. The van der Waals surface area contributed by atoms with Gasteiger partial charge in [0.05, 0.1) is 12.7 Å². The lowest BCUT2D eigenvalue weighted by Crippen LogP contribution is -2.28. The van der Waals surface area contributed by atoms with Crippen LogP contribution >= 0.6 is 11.6 Å². The number of hydrogen-bond donors (Lipinski definition) is 2. The number of rotatable bonds is 6. The van der Waals surface area contributed by atoms with E-state index < -0.39 is 0 Å². The topological polar surface area (TPSA) is 71.3 Å². The van der Waals surface area contributed by atoms with E-state index in [2.05, 4.69) is 10.6 Å². The summed E-state index contributed by atoms with van der Waals surface area (Å²) in [4.78, 5) is 24.0. The first-order valence-corrected chi connectivity index (χ1v) is 8.68. The van der Waals surface area contributed by atoms with E-state index >= 15 is 0 Å². The Hall–Kier alpha value is -2.79. The minimum absolute atomic E-state index is 0.146. The number of hydrogen-bond acceptors (Lipinski definition) is 3. The predicted molar refractivity (Wildman–Crippen MR) is 102 cm³/mol. The lowest BCUT2D eigenvalue weighted by atomic mass is 10.1. The molecule has 0 aliphatic heterocycles. The molecular weight excluding hydrogens is 352 g/mol. The van der Waals surface area contributed by atoms with Gasteiger partial charge in [0, 0.05) is 34.6 Å². The Kier molecular flexibility index (Phi) is 5.58. The molecule has 1 aromatic heterocycles. The first kappa shape index (κ1) is 18.0. The van der Waals surface area contributed by atoms with Crippen LogP contribution in [0, 0.1) is 6.92 Å². The molecule has 2 amide bonds. The summed E-state index contributed by atoms with van der Waals surface area (Å²) in [5.41, 5.74) is 3.14. The van der Waals surface area contributed by atoms with Gasteiger partial charge in [-0.05, 0) is 36.8 Å². The Bertz CT molecular complexity index is 935. The number of nitrogens with one attached hydrogen (secondary N) is 2. The number of para-hydroxylation sites is 1. The zero-order valence-electron chi connectivity index (χ0n) is 14.3. The number of furan rings is 1. The molecule has 3 rings (SSSR count). The molecule has 0 bridgehead atoms. The number of aryl methyl sites for hydroxylation is 1. The normalized spacial score (nSPS) is 10.7. The molecule has 2 N–H and O–H groups in total. The van der Waals surface area contributed by atoms with Crippen molar-refractivity contribution in [3.05, 3.63) is 64.9 Å². The summed E-state index contributed by atoms with van der Waals surface area (Å²) < 4.78 is 5.49. The Balaban J connectivity index is 1.50. The van der Waals surface area contributed by atoms with E-state index in [1.807, 2.05) is 49.4 Å². The molecule has 134 valence electrons. The molecule has 3 aromatic rings. The largest absolute Gasteiger partial charge is 0.464 e. The Morgan fingerprint density at radius 2 is 1.88 bits per heavy atom. The van der Waals surface area contributed by atoms with Gasteiger partial charge >= 0.3 is 0 Å². The average molecular weight is 371 g/mol. The van der Waals surface area contributed by atoms with Crippen molar-refractivity contribution in [2.45, 2.75) is 19.8 Å². The van der Waals surface area contributed by atoms with E-state index in [1.165, 1.54) is 0 Å². The van der Waals surface area contributed by atoms with Gasteiger partial charge in [-0.1, -0.05) is 29.8 Å². The third-order valence-electron chi connectivity index (χ3n) is 4.02. The monoisotopic (exact) mass is 370 g/mol. The standard InChI is InChI=1S/C20H19ClN2O3/c1-13-9-18-16(11-17(13)21)14(12-26-18)10-20(25)22-8-7-19(24)23-15-5-3-2-4-6-15/h2-6,9,11-12H,7-8,10H2,1H3,(H,22,25)(H,23,24). The molecule has 0 atom stereocenters. The lowest BCUT2D eigenvalue weighted by molar-refractivity contribution is -0.120. The van der Waals surface area contributed by atoms with Gasteiger partial charge in [-0.15, -0.1) is 0 Å². The van der Waals surface area contributed by atoms with Crippen LogP contribution in [-0.2, 0) is 16.0 Å². The maximum absolute atomic E-state index is 12.1. The van der Waals surface area contributed by atoms with Crippen molar-refractivity contribution in [2.24, 2.45) is 0 Å². The zero-order valence-corrected chi connectivity index (χ0v) is 15.1. The van der Waals surface area contributed by atoms with E-state index in [0.717, 1.165) is 22.2 Å². The van der Waals surface area contributed by atoms with Gasteiger partial charge in [0.25, 0.3) is 0 Å². The Labute approximate surface area is 156 Å². The van der Waals surface area contributed by atoms with Crippen LogP contribution in [-0.4, -0.2) is 18.4 Å². The van der Waals surface area contributed by atoms with Crippen molar-refractivity contribution in [2.75, 3.05) is 11.9 Å². The van der Waals surface area contributed by atoms with Gasteiger partial charge in [0.2, 0.25) is 11.8 Å². The average Bonchev–Trinajstić information content (AvgIpc) is 2.98. The van der Waals surface area contributed by atoms with E-state index in [4.69, 9.17) is 16.0 Å². The lowest BCUT2D eigenvalue weighted by Gasteiger charge is -2.06. The van der Waals surface area contributed by atoms with Gasteiger partial charge in [-0.25, -0.2) is 0 Å². The summed E-state index contributed by atoms with van der Waals surface area (Å²) in [5, 5.41) is 7.00. The number of carbonyl (C=O) groups is 2. The molecule has 1 heterocycles. The molecule has 0 fully saturated rings. The third kappa shape index (κ3) is 4.43. The molecule has 2 aromatic carbocycles. The van der Waals surface area contributed by atoms with Crippen LogP contribution in [0.25, 0.3) is 11.0 Å². The van der Waals surface area contributed by atoms with E-state index in [9.17, 15) is 9.59 Å². The highest BCUT2D eigenvalue weighted by molar-refractivity contribution is 6.32. The van der Waals surface area contributed by atoms with Crippen LogP contribution < -0.4 is 10.6 Å². The van der Waals surface area contributed by atoms with Crippen LogP contribution in [0.4, 0.5) is 5.69 Å². The second-order valence-corrected chi connectivity index (χ2v) is 6.46. The number of amides is 2. The number of halogens is 1. The fourth-order valence-corrected chi connectivity index (χ4v) is 2.80. The van der Waals surface area contributed by atoms with Gasteiger partial charge in [-0.2, -0.15) is 0 Å².